The Hall–Kier alpha value is -2.23. The van der Waals surface area contributed by atoms with E-state index in [1.54, 1.807) is 34.1 Å². The Balaban J connectivity index is 1.40. The number of methoxy groups -OCH3 is 1. The van der Waals surface area contributed by atoms with Gasteiger partial charge in [-0.05, 0) is 24.3 Å². The van der Waals surface area contributed by atoms with Crippen molar-refractivity contribution >= 4 is 39.1 Å². The molecule has 0 radical (unpaired) electrons. The number of ether oxygens (including phenoxy) is 1. The van der Waals surface area contributed by atoms with Crippen LogP contribution in [0.2, 0.25) is 0 Å². The van der Waals surface area contributed by atoms with E-state index in [2.05, 4.69) is 11.8 Å². The van der Waals surface area contributed by atoms with Gasteiger partial charge in [-0.2, -0.15) is 4.31 Å². The molecule has 1 amide bonds. The molecule has 0 spiro atoms. The second kappa shape index (κ2) is 7.72. The SMILES string of the molecule is COc1cccc(N2CCN(S(=O)(=O)c3ccc4c5c3CC(=O)N5CC(C)S4)CC2)c1. The van der Waals surface area contributed by atoms with Crippen LogP contribution < -0.4 is 14.5 Å². The van der Waals surface area contributed by atoms with E-state index in [4.69, 9.17) is 4.74 Å². The number of hydrogen-bond acceptors (Lipinski definition) is 6. The first kappa shape index (κ1) is 20.7. The maximum Gasteiger partial charge on any atom is 0.243 e. The molecule has 1 atom stereocenters. The molecular formula is C22H25N3O4S2. The van der Waals surface area contributed by atoms with Crippen molar-refractivity contribution in [1.82, 2.24) is 4.31 Å². The van der Waals surface area contributed by atoms with E-state index >= 15 is 0 Å². The zero-order valence-electron chi connectivity index (χ0n) is 17.6. The molecule has 2 aromatic carbocycles. The number of benzene rings is 2. The zero-order valence-corrected chi connectivity index (χ0v) is 19.2. The van der Waals surface area contributed by atoms with Crippen LogP contribution in [0.5, 0.6) is 5.75 Å². The summed E-state index contributed by atoms with van der Waals surface area (Å²) in [6.07, 6.45) is 0.161. The third-order valence-corrected chi connectivity index (χ3v) is 9.26. The minimum atomic E-state index is -3.67. The number of carbonyl (C=O) groups is 1. The lowest BCUT2D eigenvalue weighted by Gasteiger charge is -2.36. The summed E-state index contributed by atoms with van der Waals surface area (Å²) in [6, 6.07) is 11.4. The number of thioether (sulfide) groups is 1. The molecule has 31 heavy (non-hydrogen) atoms. The molecular weight excluding hydrogens is 434 g/mol. The highest BCUT2D eigenvalue weighted by Gasteiger charge is 2.40. The van der Waals surface area contributed by atoms with Gasteiger partial charge < -0.3 is 14.5 Å². The van der Waals surface area contributed by atoms with Crippen molar-refractivity contribution in [3.05, 3.63) is 42.0 Å². The van der Waals surface area contributed by atoms with Gasteiger partial charge in [0.25, 0.3) is 0 Å². The standard InChI is InChI=1S/C22H25N3O4S2/c1-15-14-25-21(26)13-18-20(7-6-19(30-15)22(18)25)31(27,28)24-10-8-23(9-11-24)16-4-3-5-17(12-16)29-2/h3-7,12,15H,8-11,13-14H2,1-2H3. The number of carbonyl (C=O) groups excluding carboxylic acids is 1. The Bertz CT molecular complexity index is 1140. The smallest absolute Gasteiger partial charge is 0.243 e. The van der Waals surface area contributed by atoms with E-state index in [0.717, 1.165) is 22.0 Å². The highest BCUT2D eigenvalue weighted by molar-refractivity contribution is 8.00. The van der Waals surface area contributed by atoms with Crippen LogP contribution >= 0.6 is 11.8 Å². The predicted molar refractivity (Wildman–Crippen MR) is 122 cm³/mol. The van der Waals surface area contributed by atoms with Crippen LogP contribution in [0.15, 0.2) is 46.2 Å². The molecule has 3 aliphatic rings. The molecule has 9 heteroatoms. The molecule has 7 nitrogen and oxygen atoms in total. The summed E-state index contributed by atoms with van der Waals surface area (Å²) in [7, 11) is -2.04. The summed E-state index contributed by atoms with van der Waals surface area (Å²) >= 11 is 1.71. The number of sulfonamides is 1. The van der Waals surface area contributed by atoms with Gasteiger partial charge in [0, 0.05) is 60.2 Å². The van der Waals surface area contributed by atoms with Gasteiger partial charge >= 0.3 is 0 Å². The monoisotopic (exact) mass is 459 g/mol. The number of hydrogen-bond donors (Lipinski definition) is 0. The third kappa shape index (κ3) is 3.48. The molecule has 2 aromatic rings. The van der Waals surface area contributed by atoms with Crippen molar-refractivity contribution in [3.8, 4) is 5.75 Å². The van der Waals surface area contributed by atoms with Crippen molar-refractivity contribution in [1.29, 1.82) is 0 Å². The fraction of sp³-hybridized carbons (Fsp3) is 0.409. The van der Waals surface area contributed by atoms with Crippen molar-refractivity contribution in [2.45, 2.75) is 28.4 Å². The van der Waals surface area contributed by atoms with Crippen molar-refractivity contribution in [2.24, 2.45) is 0 Å². The van der Waals surface area contributed by atoms with Crippen LogP contribution in [-0.4, -0.2) is 63.7 Å². The number of amides is 1. The van der Waals surface area contributed by atoms with Crippen LogP contribution in [0.3, 0.4) is 0 Å². The first-order chi connectivity index (χ1) is 14.9. The van der Waals surface area contributed by atoms with E-state index < -0.39 is 10.0 Å². The van der Waals surface area contributed by atoms with Gasteiger partial charge in [-0.3, -0.25) is 4.79 Å². The molecule has 0 N–H and O–H groups in total. The summed E-state index contributed by atoms with van der Waals surface area (Å²) in [4.78, 5) is 17.8. The fourth-order valence-electron chi connectivity index (χ4n) is 4.61. The summed E-state index contributed by atoms with van der Waals surface area (Å²) in [5.41, 5.74) is 2.50. The van der Waals surface area contributed by atoms with E-state index in [0.29, 0.717) is 43.5 Å². The third-order valence-electron chi connectivity index (χ3n) is 6.14. The molecule has 3 heterocycles. The normalized spacial score (nSPS) is 21.4. The van der Waals surface area contributed by atoms with Gasteiger partial charge in [0.1, 0.15) is 5.75 Å². The average molecular weight is 460 g/mol. The van der Waals surface area contributed by atoms with Gasteiger partial charge in [-0.25, -0.2) is 8.42 Å². The summed E-state index contributed by atoms with van der Waals surface area (Å²) in [5, 5.41) is 0.301. The number of rotatable bonds is 4. The molecule has 164 valence electrons. The molecule has 0 aromatic heterocycles. The van der Waals surface area contributed by atoms with Gasteiger partial charge in [0.2, 0.25) is 15.9 Å². The zero-order chi connectivity index (χ0) is 21.8. The van der Waals surface area contributed by atoms with Crippen LogP contribution in [0.25, 0.3) is 0 Å². The lowest BCUT2D eigenvalue weighted by molar-refractivity contribution is -0.117. The summed E-state index contributed by atoms with van der Waals surface area (Å²) < 4.78 is 33.9. The number of piperazine rings is 1. The van der Waals surface area contributed by atoms with Crippen molar-refractivity contribution in [3.63, 3.8) is 0 Å². The highest BCUT2D eigenvalue weighted by Crippen LogP contribution is 2.46. The quantitative estimate of drug-likeness (QED) is 0.700. The summed E-state index contributed by atoms with van der Waals surface area (Å²) in [6.45, 7) is 4.73. The van der Waals surface area contributed by atoms with Crippen LogP contribution in [0.1, 0.15) is 12.5 Å². The molecule has 5 rings (SSSR count). The lowest BCUT2D eigenvalue weighted by Crippen LogP contribution is -2.48. The fourth-order valence-corrected chi connectivity index (χ4v) is 7.40. The minimum absolute atomic E-state index is 0.00565. The summed E-state index contributed by atoms with van der Waals surface area (Å²) in [5.74, 6) is 0.778. The first-order valence-corrected chi connectivity index (χ1v) is 12.7. The second-order valence-electron chi connectivity index (χ2n) is 8.09. The van der Waals surface area contributed by atoms with E-state index in [-0.39, 0.29) is 17.2 Å². The minimum Gasteiger partial charge on any atom is -0.497 e. The van der Waals surface area contributed by atoms with Gasteiger partial charge in [0.05, 0.1) is 24.1 Å². The second-order valence-corrected chi connectivity index (χ2v) is 11.5. The maximum absolute atomic E-state index is 13.5. The topological polar surface area (TPSA) is 70.2 Å². The molecule has 1 unspecified atom stereocenters. The average Bonchev–Trinajstić information content (AvgIpc) is 3.10. The van der Waals surface area contributed by atoms with E-state index in [1.165, 1.54) is 0 Å². The first-order valence-electron chi connectivity index (χ1n) is 10.4. The van der Waals surface area contributed by atoms with Crippen LogP contribution in [0.4, 0.5) is 11.4 Å². The molecule has 0 bridgehead atoms. The van der Waals surface area contributed by atoms with Gasteiger partial charge in [0.15, 0.2) is 0 Å². The molecule has 1 saturated heterocycles. The Morgan fingerprint density at radius 3 is 2.61 bits per heavy atom. The highest BCUT2D eigenvalue weighted by atomic mass is 32.2. The molecule has 3 aliphatic heterocycles. The molecule has 0 saturated carbocycles. The number of anilines is 2. The Kier molecular flexibility index (Phi) is 5.15. The maximum atomic E-state index is 13.5. The molecule has 0 aliphatic carbocycles. The van der Waals surface area contributed by atoms with Gasteiger partial charge in [-0.1, -0.05) is 13.0 Å². The number of nitrogens with zero attached hydrogens (tertiary/aromatic N) is 3. The predicted octanol–water partition coefficient (Wildman–Crippen LogP) is 2.59. The van der Waals surface area contributed by atoms with Gasteiger partial charge in [-0.15, -0.1) is 11.8 Å². The Morgan fingerprint density at radius 1 is 1.10 bits per heavy atom. The van der Waals surface area contributed by atoms with E-state index in [1.807, 2.05) is 30.3 Å². The molecule has 1 fully saturated rings. The van der Waals surface area contributed by atoms with Crippen LogP contribution in [-0.2, 0) is 21.2 Å². The van der Waals surface area contributed by atoms with E-state index in [9.17, 15) is 13.2 Å². The Morgan fingerprint density at radius 2 is 1.87 bits per heavy atom. The van der Waals surface area contributed by atoms with Crippen molar-refractivity contribution < 1.29 is 17.9 Å². The largest absolute Gasteiger partial charge is 0.497 e. The van der Waals surface area contributed by atoms with Crippen LogP contribution in [0, 0.1) is 0 Å². The Labute approximate surface area is 187 Å². The lowest BCUT2D eigenvalue weighted by atomic mass is 10.1. The van der Waals surface area contributed by atoms with Crippen molar-refractivity contribution in [2.75, 3.05) is 49.6 Å².